The van der Waals surface area contributed by atoms with Crippen LogP contribution in [0.3, 0.4) is 0 Å². The molecule has 1 heterocycles. The largest absolute Gasteiger partial charge is 0.398 e. The van der Waals surface area contributed by atoms with Gasteiger partial charge in [0.1, 0.15) is 0 Å². The third-order valence-electron chi connectivity index (χ3n) is 5.44. The molecule has 1 saturated carbocycles. The number of nitrogens with zero attached hydrogens (tertiary/aromatic N) is 1. The lowest BCUT2D eigenvalue weighted by Gasteiger charge is -2.24. The van der Waals surface area contributed by atoms with Crippen LogP contribution in [0.1, 0.15) is 12.8 Å². The topological polar surface area (TPSA) is 55.8 Å². The molecular formula is C15H23NO4Si. The Labute approximate surface area is 126 Å². The van der Waals surface area contributed by atoms with Crippen molar-refractivity contribution >= 4 is 20.4 Å². The van der Waals surface area contributed by atoms with Gasteiger partial charge in [-0.05, 0) is 37.3 Å². The number of amides is 2. The molecule has 6 heteroatoms. The number of fused-ring (bicyclic) bond motifs is 5. The first-order valence-corrected chi connectivity index (χ1v) is 10.2. The highest BCUT2D eigenvalue weighted by atomic mass is 28.4. The zero-order valence-corrected chi connectivity index (χ0v) is 13.9. The van der Waals surface area contributed by atoms with Crippen LogP contribution < -0.4 is 0 Å². The normalized spacial score (nSPS) is 34.1. The minimum absolute atomic E-state index is 0.0417. The summed E-state index contributed by atoms with van der Waals surface area (Å²) >= 11 is 0. The van der Waals surface area contributed by atoms with Crippen LogP contribution in [0.4, 0.5) is 0 Å². The van der Waals surface area contributed by atoms with Crippen LogP contribution in [0.25, 0.3) is 0 Å². The maximum absolute atomic E-state index is 12.5. The molecule has 1 aliphatic heterocycles. The van der Waals surface area contributed by atoms with E-state index in [-0.39, 0.29) is 23.7 Å². The summed E-state index contributed by atoms with van der Waals surface area (Å²) in [6.07, 6.45) is 5.99. The van der Waals surface area contributed by atoms with Gasteiger partial charge in [-0.15, -0.1) is 0 Å². The maximum atomic E-state index is 12.5. The van der Waals surface area contributed by atoms with E-state index in [1.54, 1.807) is 14.2 Å². The highest BCUT2D eigenvalue weighted by molar-refractivity contribution is 6.65. The Hall–Kier alpha value is -0.983. The zero-order chi connectivity index (χ0) is 15.2. The van der Waals surface area contributed by atoms with Crippen molar-refractivity contribution in [3.05, 3.63) is 12.2 Å². The highest BCUT2D eigenvalue weighted by Crippen LogP contribution is 2.52. The minimum Gasteiger partial charge on any atom is -0.398 e. The Bertz CT molecular complexity index is 458. The molecule has 0 aromatic heterocycles. The molecule has 116 valence electrons. The van der Waals surface area contributed by atoms with Crippen molar-refractivity contribution in [2.75, 3.05) is 20.8 Å². The number of likely N-dealkylation sites (tertiary alicyclic amines) is 1. The van der Waals surface area contributed by atoms with Gasteiger partial charge in [-0.25, -0.2) is 0 Å². The number of carbonyl (C=O) groups excluding carboxylic acids is 2. The van der Waals surface area contributed by atoms with E-state index in [2.05, 4.69) is 12.2 Å². The molecule has 4 atom stereocenters. The quantitative estimate of drug-likeness (QED) is 0.424. The van der Waals surface area contributed by atoms with Gasteiger partial charge >= 0.3 is 8.56 Å². The van der Waals surface area contributed by atoms with Crippen molar-refractivity contribution in [2.45, 2.75) is 25.4 Å². The van der Waals surface area contributed by atoms with Gasteiger partial charge in [-0.1, -0.05) is 12.2 Å². The van der Waals surface area contributed by atoms with Crippen molar-refractivity contribution < 1.29 is 18.4 Å². The first-order chi connectivity index (χ1) is 10.0. The van der Waals surface area contributed by atoms with Crippen LogP contribution >= 0.6 is 0 Å². The van der Waals surface area contributed by atoms with E-state index in [4.69, 9.17) is 8.85 Å². The predicted molar refractivity (Wildman–Crippen MR) is 79.5 cm³/mol. The summed E-state index contributed by atoms with van der Waals surface area (Å²) in [6.45, 7) is 2.50. The van der Waals surface area contributed by atoms with Gasteiger partial charge < -0.3 is 8.85 Å². The molecule has 2 amide bonds. The SMILES string of the molecule is CO[Si](C)(CCCN1C(=O)C2C3C=CC(C3)C2C1=O)OC. The molecular weight excluding hydrogens is 286 g/mol. The van der Waals surface area contributed by atoms with Crippen molar-refractivity contribution in [3.8, 4) is 0 Å². The molecule has 3 aliphatic rings. The van der Waals surface area contributed by atoms with Crippen molar-refractivity contribution in [1.82, 2.24) is 4.90 Å². The van der Waals surface area contributed by atoms with Crippen LogP contribution in [0.15, 0.2) is 12.2 Å². The Morgan fingerprint density at radius 2 is 1.67 bits per heavy atom. The first-order valence-electron chi connectivity index (χ1n) is 7.64. The van der Waals surface area contributed by atoms with Crippen LogP contribution in [0, 0.1) is 23.7 Å². The smallest absolute Gasteiger partial charge is 0.334 e. The number of carbonyl (C=O) groups is 2. The monoisotopic (exact) mass is 309 g/mol. The first kappa shape index (κ1) is 14.9. The lowest BCUT2D eigenvalue weighted by atomic mass is 9.85. The zero-order valence-electron chi connectivity index (χ0n) is 12.9. The number of rotatable bonds is 6. The molecule has 21 heavy (non-hydrogen) atoms. The molecule has 0 N–H and O–H groups in total. The van der Waals surface area contributed by atoms with Gasteiger partial charge in [-0.3, -0.25) is 14.5 Å². The molecule has 0 spiro atoms. The second-order valence-electron chi connectivity index (χ2n) is 6.47. The summed E-state index contributed by atoms with van der Waals surface area (Å²) in [5.41, 5.74) is 0. The van der Waals surface area contributed by atoms with Gasteiger partial charge in [-0.2, -0.15) is 0 Å². The van der Waals surface area contributed by atoms with Crippen LogP contribution in [-0.4, -0.2) is 46.0 Å². The molecule has 2 fully saturated rings. The average molecular weight is 309 g/mol. The van der Waals surface area contributed by atoms with Crippen molar-refractivity contribution in [1.29, 1.82) is 0 Å². The fraction of sp³-hybridized carbons (Fsp3) is 0.733. The standard InChI is InChI=1S/C15H23NO4Si/c1-19-21(3,20-2)8-4-7-16-14(17)12-10-5-6-11(9-10)13(12)15(16)18/h5-6,10-13H,4,7-9H2,1-3H3. The minimum atomic E-state index is -2.12. The summed E-state index contributed by atoms with van der Waals surface area (Å²) in [5, 5.41) is 0. The van der Waals surface area contributed by atoms with E-state index >= 15 is 0 Å². The van der Waals surface area contributed by atoms with Gasteiger partial charge in [0, 0.05) is 20.8 Å². The summed E-state index contributed by atoms with van der Waals surface area (Å²) in [4.78, 5) is 26.5. The summed E-state index contributed by atoms with van der Waals surface area (Å²) in [5.74, 6) is 0.500. The fourth-order valence-corrected chi connectivity index (χ4v) is 5.41. The maximum Gasteiger partial charge on any atom is 0.334 e. The number of allylic oxidation sites excluding steroid dienone is 2. The second-order valence-corrected chi connectivity index (χ2v) is 10.1. The molecule has 5 nitrogen and oxygen atoms in total. The molecule has 4 unspecified atom stereocenters. The lowest BCUT2D eigenvalue weighted by molar-refractivity contribution is -0.140. The molecule has 1 saturated heterocycles. The van der Waals surface area contributed by atoms with Gasteiger partial charge in [0.2, 0.25) is 11.8 Å². The van der Waals surface area contributed by atoms with Crippen molar-refractivity contribution in [3.63, 3.8) is 0 Å². The van der Waals surface area contributed by atoms with E-state index in [1.807, 2.05) is 6.55 Å². The van der Waals surface area contributed by atoms with E-state index in [0.717, 1.165) is 18.9 Å². The second kappa shape index (κ2) is 5.33. The molecule has 0 aromatic carbocycles. The van der Waals surface area contributed by atoms with Crippen molar-refractivity contribution in [2.24, 2.45) is 23.7 Å². The summed E-state index contributed by atoms with van der Waals surface area (Å²) < 4.78 is 10.9. The van der Waals surface area contributed by atoms with Crippen LogP contribution in [0.2, 0.25) is 12.6 Å². The highest BCUT2D eigenvalue weighted by Gasteiger charge is 2.58. The number of imide groups is 1. The summed E-state index contributed by atoms with van der Waals surface area (Å²) in [7, 11) is 1.21. The Kier molecular flexibility index (Phi) is 3.79. The molecule has 0 radical (unpaired) electrons. The Morgan fingerprint density at radius 1 is 1.14 bits per heavy atom. The van der Waals surface area contributed by atoms with E-state index < -0.39 is 8.56 Å². The van der Waals surface area contributed by atoms with E-state index in [9.17, 15) is 9.59 Å². The molecule has 3 rings (SSSR count). The number of hydrogen-bond acceptors (Lipinski definition) is 4. The average Bonchev–Trinajstić information content (AvgIpc) is 3.16. The number of hydrogen-bond donors (Lipinski definition) is 0. The predicted octanol–water partition coefficient (Wildman–Crippen LogP) is 1.55. The van der Waals surface area contributed by atoms with E-state index in [0.29, 0.717) is 18.4 Å². The molecule has 0 aromatic rings. The van der Waals surface area contributed by atoms with Gasteiger partial charge in [0.25, 0.3) is 0 Å². The third kappa shape index (κ3) is 2.29. The molecule has 2 aliphatic carbocycles. The van der Waals surface area contributed by atoms with Gasteiger partial charge in [0.15, 0.2) is 0 Å². The van der Waals surface area contributed by atoms with Crippen LogP contribution in [0.5, 0.6) is 0 Å². The summed E-state index contributed by atoms with van der Waals surface area (Å²) in [6, 6.07) is 0.789. The van der Waals surface area contributed by atoms with Gasteiger partial charge in [0.05, 0.1) is 11.8 Å². The third-order valence-corrected chi connectivity index (χ3v) is 8.43. The lowest BCUT2D eigenvalue weighted by Crippen LogP contribution is -2.38. The molecule has 2 bridgehead atoms. The Morgan fingerprint density at radius 3 is 2.14 bits per heavy atom. The fourth-order valence-electron chi connectivity index (χ4n) is 4.03. The van der Waals surface area contributed by atoms with Crippen LogP contribution in [-0.2, 0) is 18.4 Å². The van der Waals surface area contributed by atoms with E-state index in [1.165, 1.54) is 4.90 Å². The Balaban J connectivity index is 1.61.